The average Bonchev–Trinajstić information content (AvgIpc) is 3.45. The van der Waals surface area contributed by atoms with Gasteiger partial charge in [0.1, 0.15) is 33.5 Å². The second-order valence-electron chi connectivity index (χ2n) is 8.02. The first-order valence-electron chi connectivity index (χ1n) is 10.6. The number of hydrogen-bond acceptors (Lipinski definition) is 6. The lowest BCUT2D eigenvalue weighted by molar-refractivity contribution is 0.0992. The number of amides is 2. The minimum absolute atomic E-state index is 0.000641. The molecule has 3 heterocycles. The number of fused-ring (bicyclic) bond motifs is 1. The van der Waals surface area contributed by atoms with Gasteiger partial charge >= 0.3 is 0 Å². The molecule has 4 aromatic rings. The number of anilines is 1. The number of primary amides is 1. The second kappa shape index (κ2) is 9.38. The van der Waals surface area contributed by atoms with Crippen LogP contribution in [0.15, 0.2) is 51.4 Å². The number of rotatable bonds is 8. The maximum absolute atomic E-state index is 13.4. The molecule has 180 valence electrons. The Labute approximate surface area is 210 Å². The van der Waals surface area contributed by atoms with Crippen molar-refractivity contribution in [2.24, 2.45) is 5.73 Å². The molecular formula is C24H18BrF2N3O4S. The predicted octanol–water partition coefficient (Wildman–Crippen LogP) is 6.40. The van der Waals surface area contributed by atoms with Crippen LogP contribution in [0, 0.1) is 0 Å². The molecule has 7 nitrogen and oxygen atoms in total. The molecule has 0 aliphatic heterocycles. The summed E-state index contributed by atoms with van der Waals surface area (Å²) in [6.45, 7) is 0.106. The van der Waals surface area contributed by atoms with E-state index in [0.717, 1.165) is 28.7 Å². The summed E-state index contributed by atoms with van der Waals surface area (Å²) in [5.41, 5.74) is 5.98. The normalized spacial score (nSPS) is 13.4. The number of benzene rings is 1. The fourth-order valence-corrected chi connectivity index (χ4v) is 4.99. The lowest BCUT2D eigenvalue weighted by Crippen LogP contribution is -2.16. The van der Waals surface area contributed by atoms with Crippen molar-refractivity contribution < 1.29 is 27.5 Å². The maximum Gasteiger partial charge on any atom is 0.291 e. The van der Waals surface area contributed by atoms with Gasteiger partial charge in [0.2, 0.25) is 0 Å². The standard InChI is InChI=1S/C24H18BrF2N3O4S/c25-12-3-5-13(6-4-12)33-10-14-7-8-17(34-14)23(32)30-19-18-15(11-1-2-11)9-16(21(26)27)29-24(18)35-20(19)22(28)31/h3-9,11,21H,1-2,10H2,(H2,28,31)(H,30,32). The van der Waals surface area contributed by atoms with Gasteiger partial charge in [-0.1, -0.05) is 15.9 Å². The molecule has 1 saturated carbocycles. The van der Waals surface area contributed by atoms with E-state index in [0.29, 0.717) is 22.5 Å². The average molecular weight is 562 g/mol. The monoisotopic (exact) mass is 561 g/mol. The number of ether oxygens (including phenoxy) is 1. The van der Waals surface area contributed by atoms with Crippen LogP contribution in [-0.2, 0) is 6.61 Å². The quantitative estimate of drug-likeness (QED) is 0.259. The lowest BCUT2D eigenvalue weighted by atomic mass is 10.0. The molecular weight excluding hydrogens is 544 g/mol. The van der Waals surface area contributed by atoms with Crippen LogP contribution in [0.1, 0.15) is 62.4 Å². The highest BCUT2D eigenvalue weighted by molar-refractivity contribution is 9.10. The molecule has 0 atom stereocenters. The van der Waals surface area contributed by atoms with Crippen molar-refractivity contribution in [1.29, 1.82) is 0 Å². The van der Waals surface area contributed by atoms with E-state index in [-0.39, 0.29) is 39.4 Å². The summed E-state index contributed by atoms with van der Waals surface area (Å²) in [5, 5.41) is 3.17. The summed E-state index contributed by atoms with van der Waals surface area (Å²) in [7, 11) is 0. The van der Waals surface area contributed by atoms with Gasteiger partial charge in [-0.2, -0.15) is 0 Å². The third kappa shape index (κ3) is 4.92. The highest BCUT2D eigenvalue weighted by Crippen LogP contribution is 2.48. The molecule has 0 unspecified atom stereocenters. The number of nitrogens with one attached hydrogen (secondary N) is 1. The van der Waals surface area contributed by atoms with Gasteiger partial charge in [0, 0.05) is 9.86 Å². The van der Waals surface area contributed by atoms with Crippen molar-refractivity contribution in [2.75, 3.05) is 5.32 Å². The Morgan fingerprint density at radius 2 is 1.97 bits per heavy atom. The Morgan fingerprint density at radius 1 is 1.23 bits per heavy atom. The minimum atomic E-state index is -2.75. The van der Waals surface area contributed by atoms with Gasteiger partial charge in [-0.15, -0.1) is 11.3 Å². The van der Waals surface area contributed by atoms with Crippen LogP contribution in [0.2, 0.25) is 0 Å². The van der Waals surface area contributed by atoms with E-state index < -0.39 is 18.2 Å². The summed E-state index contributed by atoms with van der Waals surface area (Å²) in [5.74, 6) is -0.275. The fourth-order valence-electron chi connectivity index (χ4n) is 3.71. The molecule has 0 saturated heterocycles. The zero-order valence-electron chi connectivity index (χ0n) is 18.0. The molecule has 1 aliphatic carbocycles. The summed E-state index contributed by atoms with van der Waals surface area (Å²) in [6.07, 6.45) is -1.09. The predicted molar refractivity (Wildman–Crippen MR) is 130 cm³/mol. The van der Waals surface area contributed by atoms with Crippen LogP contribution in [0.5, 0.6) is 5.75 Å². The van der Waals surface area contributed by atoms with E-state index in [2.05, 4.69) is 26.2 Å². The van der Waals surface area contributed by atoms with Gasteiger partial charge in [0.15, 0.2) is 5.76 Å². The maximum atomic E-state index is 13.4. The van der Waals surface area contributed by atoms with Gasteiger partial charge in [-0.05, 0) is 66.8 Å². The van der Waals surface area contributed by atoms with Gasteiger partial charge in [0.05, 0.1) is 5.69 Å². The molecule has 3 N–H and O–H groups in total. The van der Waals surface area contributed by atoms with Crippen molar-refractivity contribution >= 4 is 55.0 Å². The van der Waals surface area contributed by atoms with Crippen molar-refractivity contribution in [2.45, 2.75) is 31.8 Å². The van der Waals surface area contributed by atoms with E-state index in [1.165, 1.54) is 12.1 Å². The number of pyridine rings is 1. The molecule has 2 amide bonds. The summed E-state index contributed by atoms with van der Waals surface area (Å²) >= 11 is 4.24. The van der Waals surface area contributed by atoms with Gasteiger partial charge in [-0.25, -0.2) is 13.8 Å². The number of nitrogens with zero attached hydrogens (tertiary/aromatic N) is 1. The van der Waals surface area contributed by atoms with Crippen LogP contribution in [0.25, 0.3) is 10.2 Å². The second-order valence-corrected chi connectivity index (χ2v) is 9.94. The molecule has 35 heavy (non-hydrogen) atoms. The van der Waals surface area contributed by atoms with E-state index >= 15 is 0 Å². The van der Waals surface area contributed by atoms with Gasteiger partial charge in [0.25, 0.3) is 18.2 Å². The topological polar surface area (TPSA) is 107 Å². The number of aromatic nitrogens is 1. The molecule has 5 rings (SSSR count). The largest absolute Gasteiger partial charge is 0.486 e. The molecule has 3 aromatic heterocycles. The lowest BCUT2D eigenvalue weighted by Gasteiger charge is -2.09. The first-order valence-corrected chi connectivity index (χ1v) is 12.2. The number of alkyl halides is 2. The first kappa shape index (κ1) is 23.4. The van der Waals surface area contributed by atoms with Crippen molar-refractivity contribution in [3.8, 4) is 5.75 Å². The van der Waals surface area contributed by atoms with Crippen LogP contribution in [-0.4, -0.2) is 16.8 Å². The highest BCUT2D eigenvalue weighted by atomic mass is 79.9. The van der Waals surface area contributed by atoms with Crippen molar-refractivity contribution in [3.05, 3.63) is 74.6 Å². The zero-order valence-corrected chi connectivity index (χ0v) is 20.4. The van der Waals surface area contributed by atoms with Gasteiger partial charge in [-0.3, -0.25) is 9.59 Å². The molecule has 1 fully saturated rings. The molecule has 11 heteroatoms. The number of furan rings is 1. The van der Waals surface area contributed by atoms with Crippen molar-refractivity contribution in [1.82, 2.24) is 4.98 Å². The Bertz CT molecular complexity index is 1430. The Hall–Kier alpha value is -3.31. The Morgan fingerprint density at radius 3 is 2.63 bits per heavy atom. The summed E-state index contributed by atoms with van der Waals surface area (Å²) in [4.78, 5) is 29.4. The minimum Gasteiger partial charge on any atom is -0.486 e. The van der Waals surface area contributed by atoms with E-state index in [1.807, 2.05) is 12.1 Å². The number of carbonyl (C=O) groups is 2. The number of thiophene rings is 1. The summed E-state index contributed by atoms with van der Waals surface area (Å²) in [6, 6.07) is 11.7. The number of hydrogen-bond donors (Lipinski definition) is 2. The fraction of sp³-hybridized carbons (Fsp3) is 0.208. The molecule has 1 aromatic carbocycles. The third-order valence-electron chi connectivity index (χ3n) is 5.50. The van der Waals surface area contributed by atoms with Crippen LogP contribution in [0.3, 0.4) is 0 Å². The molecule has 0 radical (unpaired) electrons. The first-order chi connectivity index (χ1) is 16.8. The summed E-state index contributed by atoms with van der Waals surface area (Å²) < 4.78 is 39.0. The SMILES string of the molecule is NC(=O)c1sc2nc(C(F)F)cc(C3CC3)c2c1NC(=O)c1ccc(COc2ccc(Br)cc2)o1. The smallest absolute Gasteiger partial charge is 0.291 e. The number of carbonyl (C=O) groups excluding carboxylic acids is 2. The zero-order chi connectivity index (χ0) is 24.7. The number of nitrogens with two attached hydrogens (primary N) is 1. The van der Waals surface area contributed by atoms with Crippen LogP contribution >= 0.6 is 27.3 Å². The van der Waals surface area contributed by atoms with E-state index in [1.54, 1.807) is 18.2 Å². The molecule has 0 bridgehead atoms. The highest BCUT2D eigenvalue weighted by Gasteiger charge is 2.32. The van der Waals surface area contributed by atoms with E-state index in [4.69, 9.17) is 14.9 Å². The van der Waals surface area contributed by atoms with Gasteiger partial charge < -0.3 is 20.2 Å². The third-order valence-corrected chi connectivity index (χ3v) is 7.12. The Balaban J connectivity index is 1.42. The van der Waals surface area contributed by atoms with Crippen molar-refractivity contribution in [3.63, 3.8) is 0 Å². The molecule has 0 spiro atoms. The van der Waals surface area contributed by atoms with Crippen LogP contribution in [0.4, 0.5) is 14.5 Å². The van der Waals surface area contributed by atoms with Crippen LogP contribution < -0.4 is 15.8 Å². The Kier molecular flexibility index (Phi) is 6.28. The number of halogens is 3. The van der Waals surface area contributed by atoms with E-state index in [9.17, 15) is 18.4 Å². The molecule has 1 aliphatic rings.